The van der Waals surface area contributed by atoms with Crippen LogP contribution < -0.4 is 10.9 Å². The number of benzene rings is 2. The molecule has 0 aliphatic rings. The van der Waals surface area contributed by atoms with E-state index in [2.05, 4.69) is 31.2 Å². The van der Waals surface area contributed by atoms with E-state index < -0.39 is 0 Å². The normalized spacial score (nSPS) is 11.7. The molecule has 0 unspecified atom stereocenters. The second-order valence-electron chi connectivity index (χ2n) is 5.39. The number of nitrogens with zero attached hydrogens (tertiary/aromatic N) is 2. The maximum atomic E-state index is 12.8. The van der Waals surface area contributed by atoms with Crippen molar-refractivity contribution < 1.29 is 9.21 Å². The van der Waals surface area contributed by atoms with Crippen molar-refractivity contribution in [1.82, 2.24) is 4.98 Å². The lowest BCUT2D eigenvalue weighted by atomic mass is 10.2. The van der Waals surface area contributed by atoms with Crippen LogP contribution in [0.1, 0.15) is 10.4 Å². The first-order valence-electron chi connectivity index (χ1n) is 7.73. The minimum absolute atomic E-state index is 0.246. The van der Waals surface area contributed by atoms with E-state index in [1.807, 2.05) is 48.5 Å². The van der Waals surface area contributed by atoms with Gasteiger partial charge in [0.15, 0.2) is 5.13 Å². The molecule has 0 spiro atoms. The van der Waals surface area contributed by atoms with Gasteiger partial charge in [-0.25, -0.2) is 9.98 Å². The van der Waals surface area contributed by atoms with Crippen molar-refractivity contribution in [2.75, 3.05) is 5.32 Å². The van der Waals surface area contributed by atoms with E-state index in [0.717, 1.165) is 9.86 Å². The molecule has 2 heterocycles. The Morgan fingerprint density at radius 2 is 2.04 bits per heavy atom. The first kappa shape index (κ1) is 16.7. The molecule has 0 saturated carbocycles. The topological polar surface area (TPSA) is 67.5 Å². The van der Waals surface area contributed by atoms with Crippen molar-refractivity contribution in [2.45, 2.75) is 0 Å². The molecule has 0 fully saturated rings. The third kappa shape index (κ3) is 3.58. The summed E-state index contributed by atoms with van der Waals surface area (Å²) in [7, 11) is 0. The van der Waals surface area contributed by atoms with Gasteiger partial charge in [0.2, 0.25) is 5.55 Å². The zero-order valence-electron chi connectivity index (χ0n) is 13.3. The Balaban J connectivity index is 1.87. The van der Waals surface area contributed by atoms with Crippen molar-refractivity contribution in [2.24, 2.45) is 4.99 Å². The maximum absolute atomic E-state index is 12.8. The maximum Gasteiger partial charge on any atom is 0.262 e. The van der Waals surface area contributed by atoms with Gasteiger partial charge in [-0.1, -0.05) is 40.2 Å². The first-order valence-corrected chi connectivity index (χ1v) is 9.40. The molecular formula is C19H12BrN3O2S. The lowest BCUT2D eigenvalue weighted by molar-refractivity contribution is 0.102. The molecule has 0 aliphatic carbocycles. The van der Waals surface area contributed by atoms with Gasteiger partial charge in [-0.2, -0.15) is 0 Å². The number of carbonyl (C=O) groups is 1. The smallest absolute Gasteiger partial charge is 0.262 e. The Labute approximate surface area is 161 Å². The van der Waals surface area contributed by atoms with Crippen LogP contribution in [0.15, 0.2) is 80.1 Å². The number of aromatic nitrogens is 1. The van der Waals surface area contributed by atoms with Gasteiger partial charge in [0.05, 0.1) is 5.69 Å². The molecular weight excluding hydrogens is 414 g/mol. The van der Waals surface area contributed by atoms with E-state index in [9.17, 15) is 4.79 Å². The number of fused-ring (bicyclic) bond motifs is 1. The highest BCUT2D eigenvalue weighted by Crippen LogP contribution is 2.19. The lowest BCUT2D eigenvalue weighted by Gasteiger charge is -2.05. The summed E-state index contributed by atoms with van der Waals surface area (Å²) in [6.45, 7) is 0. The molecule has 0 saturated heterocycles. The molecule has 0 bridgehead atoms. The van der Waals surface area contributed by atoms with Gasteiger partial charge in [-0.3, -0.25) is 10.1 Å². The van der Waals surface area contributed by atoms with Crippen LogP contribution in [-0.4, -0.2) is 10.9 Å². The fourth-order valence-corrected chi connectivity index (χ4v) is 3.34. The summed E-state index contributed by atoms with van der Waals surface area (Å²) in [5.41, 5.74) is 1.93. The molecule has 0 radical (unpaired) electrons. The largest absolute Gasteiger partial charge is 0.438 e. The highest BCUT2D eigenvalue weighted by atomic mass is 79.9. The number of amides is 1. The van der Waals surface area contributed by atoms with Crippen LogP contribution in [0.5, 0.6) is 0 Å². The number of rotatable bonds is 3. The second kappa shape index (κ2) is 7.23. The monoisotopic (exact) mass is 425 g/mol. The van der Waals surface area contributed by atoms with E-state index in [1.54, 1.807) is 17.6 Å². The highest BCUT2D eigenvalue weighted by Gasteiger charge is 2.14. The standard InChI is InChI=1S/C19H12BrN3O2S/c20-13-5-3-6-14(11-13)22-18-15(17(24)23-19-21-8-9-26-19)10-12-4-1-2-7-16(12)25-18/h1-11H,(H,21,23,24). The first-order chi connectivity index (χ1) is 12.7. The van der Waals surface area contributed by atoms with Crippen LogP contribution in [0, 0.1) is 0 Å². The van der Waals surface area contributed by atoms with Crippen LogP contribution >= 0.6 is 27.3 Å². The van der Waals surface area contributed by atoms with Crippen LogP contribution in [-0.2, 0) is 0 Å². The average molecular weight is 426 g/mol. The molecule has 1 amide bonds. The molecule has 5 nitrogen and oxygen atoms in total. The SMILES string of the molecule is O=C(Nc1nccs1)c1cc2ccccc2oc1=Nc1cccc(Br)c1. The van der Waals surface area contributed by atoms with Crippen molar-refractivity contribution in [3.63, 3.8) is 0 Å². The van der Waals surface area contributed by atoms with Crippen molar-refractivity contribution in [3.8, 4) is 0 Å². The van der Waals surface area contributed by atoms with Crippen LogP contribution in [0.25, 0.3) is 11.0 Å². The Kier molecular flexibility index (Phi) is 4.64. The van der Waals surface area contributed by atoms with Crippen molar-refractivity contribution in [1.29, 1.82) is 0 Å². The summed E-state index contributed by atoms with van der Waals surface area (Å²) in [4.78, 5) is 21.4. The Morgan fingerprint density at radius 3 is 2.85 bits per heavy atom. The van der Waals surface area contributed by atoms with Gasteiger partial charge in [0.1, 0.15) is 11.1 Å². The molecule has 2 aromatic carbocycles. The zero-order valence-corrected chi connectivity index (χ0v) is 15.8. The van der Waals surface area contributed by atoms with Gasteiger partial charge in [-0.15, -0.1) is 11.3 Å². The number of carbonyl (C=O) groups excluding carboxylic acids is 1. The van der Waals surface area contributed by atoms with Crippen molar-refractivity contribution >= 4 is 55.0 Å². The number of hydrogen-bond donors (Lipinski definition) is 1. The van der Waals surface area contributed by atoms with Gasteiger partial charge in [0.25, 0.3) is 5.91 Å². The summed E-state index contributed by atoms with van der Waals surface area (Å²) in [6.07, 6.45) is 1.64. The highest BCUT2D eigenvalue weighted by molar-refractivity contribution is 9.10. The van der Waals surface area contributed by atoms with E-state index in [1.165, 1.54) is 11.3 Å². The van der Waals surface area contributed by atoms with E-state index in [-0.39, 0.29) is 11.5 Å². The van der Waals surface area contributed by atoms with E-state index >= 15 is 0 Å². The summed E-state index contributed by atoms with van der Waals surface area (Å²) in [6, 6.07) is 16.8. The third-order valence-corrected chi connectivity index (χ3v) is 4.77. The molecule has 1 N–H and O–H groups in total. The van der Waals surface area contributed by atoms with E-state index in [4.69, 9.17) is 4.42 Å². The minimum Gasteiger partial charge on any atom is -0.438 e. The number of hydrogen-bond acceptors (Lipinski definition) is 5. The van der Waals surface area contributed by atoms with Gasteiger partial charge in [0, 0.05) is 21.4 Å². The van der Waals surface area contributed by atoms with Crippen LogP contribution in [0.2, 0.25) is 0 Å². The molecule has 4 aromatic rings. The molecule has 26 heavy (non-hydrogen) atoms. The number of para-hydroxylation sites is 1. The number of anilines is 1. The Morgan fingerprint density at radius 1 is 1.15 bits per heavy atom. The quantitative estimate of drug-likeness (QED) is 0.494. The van der Waals surface area contributed by atoms with Crippen LogP contribution in [0.4, 0.5) is 10.8 Å². The molecule has 4 rings (SSSR count). The molecule has 128 valence electrons. The summed E-state index contributed by atoms with van der Waals surface area (Å²) < 4.78 is 6.81. The van der Waals surface area contributed by atoms with Gasteiger partial charge >= 0.3 is 0 Å². The number of halogens is 1. The van der Waals surface area contributed by atoms with Gasteiger partial charge < -0.3 is 4.42 Å². The molecule has 0 atom stereocenters. The number of nitrogens with one attached hydrogen (secondary N) is 1. The molecule has 7 heteroatoms. The molecule has 0 aliphatic heterocycles. The fourth-order valence-electron chi connectivity index (χ4n) is 2.43. The van der Waals surface area contributed by atoms with Gasteiger partial charge in [-0.05, 0) is 30.3 Å². The predicted octanol–water partition coefficient (Wildman–Crippen LogP) is 5.14. The lowest BCUT2D eigenvalue weighted by Crippen LogP contribution is -2.21. The Hall–Kier alpha value is -2.77. The predicted molar refractivity (Wildman–Crippen MR) is 106 cm³/mol. The third-order valence-electron chi connectivity index (χ3n) is 3.59. The van der Waals surface area contributed by atoms with E-state index in [0.29, 0.717) is 22.0 Å². The average Bonchev–Trinajstić information content (AvgIpc) is 3.14. The second-order valence-corrected chi connectivity index (χ2v) is 7.20. The van der Waals surface area contributed by atoms with Crippen molar-refractivity contribution in [3.05, 3.63) is 81.8 Å². The fraction of sp³-hybridized carbons (Fsp3) is 0. The zero-order chi connectivity index (χ0) is 17.9. The van der Waals surface area contributed by atoms with Crippen LogP contribution in [0.3, 0.4) is 0 Å². The summed E-state index contributed by atoms with van der Waals surface area (Å²) >= 11 is 4.78. The Bertz CT molecular complexity index is 1150. The minimum atomic E-state index is -0.316. The number of thiazole rings is 1. The molecule has 2 aromatic heterocycles. The summed E-state index contributed by atoms with van der Waals surface area (Å²) in [5.74, 6) is -0.316. The summed E-state index contributed by atoms with van der Waals surface area (Å²) in [5, 5.41) is 5.93.